The van der Waals surface area contributed by atoms with Crippen molar-refractivity contribution < 1.29 is 17.3 Å². The Morgan fingerprint density at radius 1 is 0.966 bits per heavy atom. The van der Waals surface area contributed by atoms with Crippen molar-refractivity contribution in [3.05, 3.63) is 82.4 Å². The zero-order valence-corrected chi connectivity index (χ0v) is 18.0. The fourth-order valence-electron chi connectivity index (χ4n) is 2.78. The van der Waals surface area contributed by atoms with E-state index in [0.29, 0.717) is 6.54 Å². The van der Waals surface area contributed by atoms with Gasteiger partial charge in [-0.3, -0.25) is 0 Å². The van der Waals surface area contributed by atoms with Gasteiger partial charge in [-0.25, -0.2) is 0 Å². The minimum Gasteiger partial charge on any atom is -0.493 e. The lowest BCUT2D eigenvalue weighted by atomic mass is 10.2. The van der Waals surface area contributed by atoms with E-state index < -0.39 is 10.1 Å². The summed E-state index contributed by atoms with van der Waals surface area (Å²) in [5.41, 5.74) is 3.90. The lowest BCUT2D eigenvalue weighted by molar-refractivity contribution is 0.390. The Morgan fingerprint density at radius 3 is 2.34 bits per heavy atom. The molecule has 0 atom stereocenters. The second-order valence-electron chi connectivity index (χ2n) is 6.68. The van der Waals surface area contributed by atoms with E-state index in [-0.39, 0.29) is 21.4 Å². The summed E-state index contributed by atoms with van der Waals surface area (Å²) in [7, 11) is -2.60. The zero-order valence-electron chi connectivity index (χ0n) is 16.4. The number of methoxy groups -OCH3 is 1. The van der Waals surface area contributed by atoms with Gasteiger partial charge < -0.3 is 14.2 Å². The van der Waals surface area contributed by atoms with E-state index >= 15 is 0 Å². The third kappa shape index (κ3) is 5.22. The zero-order chi connectivity index (χ0) is 21.0. The molecule has 3 aromatic carbocycles. The van der Waals surface area contributed by atoms with Crippen molar-refractivity contribution in [2.75, 3.05) is 12.4 Å². The molecule has 3 aromatic rings. The predicted octanol–water partition coefficient (Wildman–Crippen LogP) is 5.35. The van der Waals surface area contributed by atoms with E-state index in [2.05, 4.69) is 5.32 Å². The minimum absolute atomic E-state index is 0.0333. The molecular formula is C22H22ClNO4S. The van der Waals surface area contributed by atoms with Gasteiger partial charge in [-0.15, -0.1) is 0 Å². The van der Waals surface area contributed by atoms with Crippen molar-refractivity contribution in [2.45, 2.75) is 25.3 Å². The van der Waals surface area contributed by atoms with Crippen LogP contribution in [0.25, 0.3) is 0 Å². The summed E-state index contributed by atoms with van der Waals surface area (Å²) >= 11 is 6.34. The summed E-state index contributed by atoms with van der Waals surface area (Å²) in [6.07, 6.45) is 0. The normalized spacial score (nSPS) is 11.2. The molecule has 0 unspecified atom stereocenters. The maximum absolute atomic E-state index is 12.6. The molecule has 0 aliphatic heterocycles. The Bertz CT molecular complexity index is 1110. The number of rotatable bonds is 7. The maximum atomic E-state index is 12.6. The molecule has 0 spiro atoms. The van der Waals surface area contributed by atoms with Crippen LogP contribution in [0.5, 0.6) is 11.5 Å². The van der Waals surface area contributed by atoms with Crippen molar-refractivity contribution in [2.24, 2.45) is 0 Å². The highest BCUT2D eigenvalue weighted by Crippen LogP contribution is 2.38. The molecule has 0 radical (unpaired) electrons. The number of hydrogen-bond acceptors (Lipinski definition) is 5. The van der Waals surface area contributed by atoms with E-state index in [1.165, 1.54) is 19.2 Å². The van der Waals surface area contributed by atoms with Crippen molar-refractivity contribution in [1.29, 1.82) is 0 Å². The molecule has 0 aliphatic carbocycles. The van der Waals surface area contributed by atoms with Crippen molar-refractivity contribution in [3.8, 4) is 11.5 Å². The molecule has 29 heavy (non-hydrogen) atoms. The van der Waals surface area contributed by atoms with Crippen LogP contribution in [0.4, 0.5) is 5.69 Å². The summed E-state index contributed by atoms with van der Waals surface area (Å²) < 4.78 is 35.9. The fourth-order valence-corrected chi connectivity index (χ4v) is 4.05. The van der Waals surface area contributed by atoms with Gasteiger partial charge in [0, 0.05) is 12.2 Å². The van der Waals surface area contributed by atoms with Crippen LogP contribution in [-0.4, -0.2) is 15.5 Å². The van der Waals surface area contributed by atoms with Gasteiger partial charge in [0.05, 0.1) is 12.1 Å². The largest absolute Gasteiger partial charge is 0.493 e. The predicted molar refractivity (Wildman–Crippen MR) is 116 cm³/mol. The van der Waals surface area contributed by atoms with Crippen LogP contribution in [-0.2, 0) is 16.7 Å². The summed E-state index contributed by atoms with van der Waals surface area (Å²) in [6.45, 7) is 4.39. The lowest BCUT2D eigenvalue weighted by Crippen LogP contribution is -2.11. The highest BCUT2D eigenvalue weighted by Gasteiger charge is 2.22. The second kappa shape index (κ2) is 8.76. The highest BCUT2D eigenvalue weighted by atomic mass is 35.5. The number of halogens is 1. The van der Waals surface area contributed by atoms with E-state index in [0.717, 1.165) is 22.4 Å². The molecule has 7 heteroatoms. The van der Waals surface area contributed by atoms with Crippen LogP contribution in [0.1, 0.15) is 16.7 Å². The first-order valence-corrected chi connectivity index (χ1v) is 10.8. The van der Waals surface area contributed by atoms with Crippen LogP contribution < -0.4 is 14.2 Å². The van der Waals surface area contributed by atoms with Gasteiger partial charge in [-0.2, -0.15) is 8.42 Å². The number of benzene rings is 3. The smallest absolute Gasteiger partial charge is 0.339 e. The van der Waals surface area contributed by atoms with Crippen LogP contribution in [0.2, 0.25) is 5.02 Å². The van der Waals surface area contributed by atoms with Gasteiger partial charge >= 0.3 is 10.1 Å². The number of nitrogens with one attached hydrogen (secondary N) is 1. The Kier molecular flexibility index (Phi) is 6.35. The summed E-state index contributed by atoms with van der Waals surface area (Å²) in [6, 6.07) is 17.7. The van der Waals surface area contributed by atoms with Crippen LogP contribution in [0, 0.1) is 13.8 Å². The first-order valence-electron chi connectivity index (χ1n) is 8.96. The van der Waals surface area contributed by atoms with Crippen LogP contribution in [0.3, 0.4) is 0 Å². The number of aryl methyl sites for hydroxylation is 2. The lowest BCUT2D eigenvalue weighted by Gasteiger charge is -2.15. The Labute approximate surface area is 176 Å². The first-order chi connectivity index (χ1) is 13.8. The van der Waals surface area contributed by atoms with E-state index in [1.807, 2.05) is 38.1 Å². The Balaban J connectivity index is 1.83. The molecule has 0 saturated heterocycles. The SMILES string of the molecule is COc1cc(CNc2cccc(C)c2)cc(Cl)c1OS(=O)(=O)c1ccc(C)cc1. The van der Waals surface area contributed by atoms with Gasteiger partial charge in [0.15, 0.2) is 5.75 Å². The van der Waals surface area contributed by atoms with Crippen molar-refractivity contribution in [3.63, 3.8) is 0 Å². The number of ether oxygens (including phenoxy) is 1. The molecule has 0 saturated carbocycles. The van der Waals surface area contributed by atoms with Crippen molar-refractivity contribution in [1.82, 2.24) is 0 Å². The van der Waals surface area contributed by atoms with E-state index in [9.17, 15) is 8.42 Å². The molecule has 0 amide bonds. The molecule has 1 N–H and O–H groups in total. The topological polar surface area (TPSA) is 64.6 Å². The minimum atomic E-state index is -4.04. The molecular weight excluding hydrogens is 410 g/mol. The van der Waals surface area contributed by atoms with E-state index in [4.69, 9.17) is 20.5 Å². The number of anilines is 1. The number of hydrogen-bond donors (Lipinski definition) is 1. The molecule has 0 bridgehead atoms. The van der Waals surface area contributed by atoms with E-state index in [1.54, 1.807) is 24.3 Å². The molecule has 0 aromatic heterocycles. The molecule has 0 fully saturated rings. The van der Waals surface area contributed by atoms with Crippen LogP contribution >= 0.6 is 11.6 Å². The molecule has 5 nitrogen and oxygen atoms in total. The third-order valence-electron chi connectivity index (χ3n) is 4.31. The van der Waals surface area contributed by atoms with Gasteiger partial charge in [-0.1, -0.05) is 41.4 Å². The van der Waals surface area contributed by atoms with Gasteiger partial charge in [0.1, 0.15) is 4.90 Å². The standard InChI is InChI=1S/C22H22ClNO4S/c1-15-7-9-19(10-8-15)29(25,26)28-22-20(23)12-17(13-21(22)27-3)14-24-18-6-4-5-16(2)11-18/h4-13,24H,14H2,1-3H3. The first kappa shape index (κ1) is 21.0. The van der Waals surface area contributed by atoms with Crippen molar-refractivity contribution >= 4 is 27.4 Å². The Morgan fingerprint density at radius 2 is 1.69 bits per heavy atom. The molecule has 152 valence electrons. The van der Waals surface area contributed by atoms with Gasteiger partial charge in [0.25, 0.3) is 0 Å². The molecule has 3 rings (SSSR count). The monoisotopic (exact) mass is 431 g/mol. The maximum Gasteiger partial charge on any atom is 0.339 e. The Hall–Kier alpha value is -2.70. The average Bonchev–Trinajstić information content (AvgIpc) is 2.68. The average molecular weight is 432 g/mol. The third-order valence-corrected chi connectivity index (χ3v) is 5.82. The van der Waals surface area contributed by atoms with Gasteiger partial charge in [-0.05, 0) is 61.4 Å². The quantitative estimate of drug-likeness (QED) is 0.511. The summed E-state index contributed by atoms with van der Waals surface area (Å²) in [4.78, 5) is 0.0476. The molecule has 0 heterocycles. The summed E-state index contributed by atoms with van der Waals surface area (Å²) in [5.74, 6) is 0.211. The second-order valence-corrected chi connectivity index (χ2v) is 8.64. The summed E-state index contributed by atoms with van der Waals surface area (Å²) in [5, 5.41) is 3.46. The molecule has 0 aliphatic rings. The fraction of sp³-hybridized carbons (Fsp3) is 0.182. The highest BCUT2D eigenvalue weighted by molar-refractivity contribution is 7.87. The van der Waals surface area contributed by atoms with Crippen LogP contribution in [0.15, 0.2) is 65.6 Å². The van der Waals surface area contributed by atoms with Gasteiger partial charge in [0.2, 0.25) is 5.75 Å².